The third-order valence-electron chi connectivity index (χ3n) is 6.36. The standard InChI is InChI=1S/C25H29Cl2NO5/c1-13(16-5-4-6-19-20(16)21-22(24(30)31)23(21)33-19)32-12-15(29)11-28-25(2,3)10-14-7-8-17(26)18(27)9-14/h4-9,13,15,21-23,28-29H,10-12H2,1-3H3,(H,30,31)/t13-,15-,21+,22+,23+/m1/s1. The van der Waals surface area contributed by atoms with Crippen LogP contribution in [-0.4, -0.2) is 47.1 Å². The molecular weight excluding hydrogens is 465 g/mol. The zero-order valence-electron chi connectivity index (χ0n) is 18.8. The van der Waals surface area contributed by atoms with Crippen LogP contribution in [0, 0.1) is 5.92 Å². The van der Waals surface area contributed by atoms with Crippen molar-refractivity contribution < 1.29 is 24.5 Å². The third kappa shape index (κ3) is 5.31. The van der Waals surface area contributed by atoms with E-state index in [0.29, 0.717) is 16.6 Å². The summed E-state index contributed by atoms with van der Waals surface area (Å²) in [6, 6.07) is 11.3. The number of rotatable bonds is 10. The Hall–Kier alpha value is -1.83. The molecule has 4 rings (SSSR count). The Balaban J connectivity index is 1.29. The van der Waals surface area contributed by atoms with Gasteiger partial charge in [-0.3, -0.25) is 4.79 Å². The molecular formula is C25H29Cl2NO5. The van der Waals surface area contributed by atoms with E-state index in [1.807, 2.05) is 37.3 Å². The van der Waals surface area contributed by atoms with E-state index in [4.69, 9.17) is 32.7 Å². The topological polar surface area (TPSA) is 88.0 Å². The molecule has 1 aliphatic heterocycles. The lowest BCUT2D eigenvalue weighted by Crippen LogP contribution is -2.46. The Morgan fingerprint density at radius 2 is 2.00 bits per heavy atom. The number of carbonyl (C=O) groups is 1. The first-order chi connectivity index (χ1) is 15.6. The Kier molecular flexibility index (Phi) is 6.95. The number of benzene rings is 2. The first-order valence-electron chi connectivity index (χ1n) is 11.1. The van der Waals surface area contributed by atoms with Crippen LogP contribution >= 0.6 is 23.2 Å². The van der Waals surface area contributed by atoms with Crippen molar-refractivity contribution in [2.24, 2.45) is 5.92 Å². The van der Waals surface area contributed by atoms with Gasteiger partial charge in [0, 0.05) is 23.6 Å². The summed E-state index contributed by atoms with van der Waals surface area (Å²) < 4.78 is 11.8. The van der Waals surface area contributed by atoms with E-state index in [9.17, 15) is 15.0 Å². The fraction of sp³-hybridized carbons (Fsp3) is 0.480. The van der Waals surface area contributed by atoms with Crippen LogP contribution in [0.5, 0.6) is 5.75 Å². The highest BCUT2D eigenvalue weighted by Gasteiger charge is 2.63. The van der Waals surface area contributed by atoms with Crippen LogP contribution in [0.1, 0.15) is 49.5 Å². The molecule has 0 saturated heterocycles. The van der Waals surface area contributed by atoms with Crippen LogP contribution in [0.15, 0.2) is 36.4 Å². The zero-order chi connectivity index (χ0) is 23.9. The molecule has 2 aliphatic rings. The van der Waals surface area contributed by atoms with Gasteiger partial charge in [0.2, 0.25) is 0 Å². The maximum Gasteiger partial charge on any atom is 0.311 e. The average Bonchev–Trinajstić information content (AvgIpc) is 3.34. The van der Waals surface area contributed by atoms with Crippen molar-refractivity contribution in [3.05, 3.63) is 63.1 Å². The number of fused-ring (bicyclic) bond motifs is 3. The maximum atomic E-state index is 11.4. The second-order valence-corrected chi connectivity index (χ2v) is 10.4. The van der Waals surface area contributed by atoms with Crippen molar-refractivity contribution in [3.63, 3.8) is 0 Å². The molecule has 1 saturated carbocycles. The fourth-order valence-electron chi connectivity index (χ4n) is 4.61. The number of nitrogens with one attached hydrogen (secondary N) is 1. The number of hydrogen-bond acceptors (Lipinski definition) is 5. The van der Waals surface area contributed by atoms with Crippen molar-refractivity contribution in [1.82, 2.24) is 5.32 Å². The molecule has 0 radical (unpaired) electrons. The van der Waals surface area contributed by atoms with E-state index in [1.54, 1.807) is 6.07 Å². The summed E-state index contributed by atoms with van der Waals surface area (Å²) in [6.45, 7) is 6.55. The number of halogens is 2. The Morgan fingerprint density at radius 1 is 1.24 bits per heavy atom. The van der Waals surface area contributed by atoms with E-state index in [1.165, 1.54) is 0 Å². The van der Waals surface area contributed by atoms with Gasteiger partial charge in [0.1, 0.15) is 17.8 Å². The van der Waals surface area contributed by atoms with E-state index < -0.39 is 18.0 Å². The molecule has 6 nitrogen and oxygen atoms in total. The summed E-state index contributed by atoms with van der Waals surface area (Å²) in [6.07, 6.45) is -0.555. The van der Waals surface area contributed by atoms with Crippen LogP contribution in [0.25, 0.3) is 0 Å². The summed E-state index contributed by atoms with van der Waals surface area (Å²) in [7, 11) is 0. The highest BCUT2D eigenvalue weighted by atomic mass is 35.5. The molecule has 3 N–H and O–H groups in total. The minimum atomic E-state index is -0.830. The van der Waals surface area contributed by atoms with Gasteiger partial charge in [-0.15, -0.1) is 0 Å². The first-order valence-corrected chi connectivity index (χ1v) is 11.8. The van der Waals surface area contributed by atoms with E-state index in [0.717, 1.165) is 28.9 Å². The normalized spacial score (nSPS) is 22.8. The second-order valence-electron chi connectivity index (χ2n) is 9.55. The molecule has 1 heterocycles. The zero-order valence-corrected chi connectivity index (χ0v) is 20.4. The molecule has 1 aliphatic carbocycles. The number of aliphatic hydroxyl groups is 1. The van der Waals surface area contributed by atoms with Crippen molar-refractivity contribution in [2.45, 2.75) is 57.0 Å². The summed E-state index contributed by atoms with van der Waals surface area (Å²) in [5.41, 5.74) is 2.63. The SMILES string of the molecule is C[C@@H](OC[C@H](O)CNC(C)(C)Cc1ccc(Cl)c(Cl)c1)c1cccc2c1[C@@H]1[C@H](O2)[C@H]1C(=O)O. The van der Waals surface area contributed by atoms with Gasteiger partial charge in [-0.1, -0.05) is 41.4 Å². The smallest absolute Gasteiger partial charge is 0.311 e. The highest BCUT2D eigenvalue weighted by molar-refractivity contribution is 6.42. The molecule has 8 heteroatoms. The highest BCUT2D eigenvalue weighted by Crippen LogP contribution is 2.60. The lowest BCUT2D eigenvalue weighted by Gasteiger charge is -2.28. The second kappa shape index (κ2) is 9.43. The molecule has 33 heavy (non-hydrogen) atoms. The van der Waals surface area contributed by atoms with E-state index in [2.05, 4.69) is 19.2 Å². The molecule has 0 spiro atoms. The van der Waals surface area contributed by atoms with Gasteiger partial charge in [-0.25, -0.2) is 0 Å². The predicted octanol–water partition coefficient (Wildman–Crippen LogP) is 4.60. The third-order valence-corrected chi connectivity index (χ3v) is 7.10. The van der Waals surface area contributed by atoms with Crippen LogP contribution in [0.2, 0.25) is 10.0 Å². The van der Waals surface area contributed by atoms with Crippen LogP contribution in [0.4, 0.5) is 0 Å². The average molecular weight is 494 g/mol. The number of β-amino-alcohol motifs (C(OH)–C–C–N with tert-alkyl or cyclic N) is 1. The molecule has 0 unspecified atom stereocenters. The quantitative estimate of drug-likeness (QED) is 0.448. The molecule has 0 bridgehead atoms. The number of aliphatic carboxylic acids is 1. The molecule has 2 aromatic rings. The molecule has 5 atom stereocenters. The minimum absolute atomic E-state index is 0.117. The van der Waals surface area contributed by atoms with Crippen LogP contribution in [0.3, 0.4) is 0 Å². The van der Waals surface area contributed by atoms with Gasteiger partial charge in [-0.05, 0) is 56.5 Å². The maximum absolute atomic E-state index is 11.4. The van der Waals surface area contributed by atoms with Gasteiger partial charge in [0.15, 0.2) is 0 Å². The van der Waals surface area contributed by atoms with Gasteiger partial charge in [0.25, 0.3) is 0 Å². The summed E-state index contributed by atoms with van der Waals surface area (Å²) in [5, 5.41) is 24.3. The Labute approximate surface area is 203 Å². The molecule has 1 fully saturated rings. The fourth-order valence-corrected chi connectivity index (χ4v) is 4.93. The van der Waals surface area contributed by atoms with Crippen LogP contribution < -0.4 is 10.1 Å². The summed E-state index contributed by atoms with van der Waals surface area (Å²) >= 11 is 12.1. The monoisotopic (exact) mass is 493 g/mol. The van der Waals surface area contributed by atoms with E-state index >= 15 is 0 Å². The van der Waals surface area contributed by atoms with Crippen LogP contribution in [-0.2, 0) is 16.0 Å². The number of carboxylic acids is 1. The predicted molar refractivity (Wildman–Crippen MR) is 127 cm³/mol. The Morgan fingerprint density at radius 3 is 2.70 bits per heavy atom. The van der Waals surface area contributed by atoms with Crippen molar-refractivity contribution in [2.75, 3.05) is 13.2 Å². The number of carboxylic acid groups (broad SMARTS) is 1. The largest absolute Gasteiger partial charge is 0.489 e. The Bertz CT molecular complexity index is 1040. The molecule has 178 valence electrons. The van der Waals surface area contributed by atoms with Crippen molar-refractivity contribution >= 4 is 29.2 Å². The number of hydrogen-bond donors (Lipinski definition) is 3. The molecule has 2 aromatic carbocycles. The van der Waals surface area contributed by atoms with Crippen molar-refractivity contribution in [3.8, 4) is 5.75 Å². The van der Waals surface area contributed by atoms with Gasteiger partial charge in [0.05, 0.1) is 28.9 Å². The lowest BCUT2D eigenvalue weighted by molar-refractivity contribution is -0.139. The molecule has 0 amide bonds. The van der Waals surface area contributed by atoms with Gasteiger partial charge < -0.3 is 25.0 Å². The minimum Gasteiger partial charge on any atom is -0.489 e. The van der Waals surface area contributed by atoms with Gasteiger partial charge in [-0.2, -0.15) is 0 Å². The summed E-state index contributed by atoms with van der Waals surface area (Å²) in [4.78, 5) is 11.4. The lowest BCUT2D eigenvalue weighted by atomic mass is 9.94. The van der Waals surface area contributed by atoms with Gasteiger partial charge >= 0.3 is 5.97 Å². The number of ether oxygens (including phenoxy) is 2. The first kappa shape index (κ1) is 24.3. The summed E-state index contributed by atoms with van der Waals surface area (Å²) in [5.74, 6) is -0.697. The van der Waals surface area contributed by atoms with Crippen molar-refractivity contribution in [1.29, 1.82) is 0 Å². The molecule has 0 aromatic heterocycles. The van der Waals surface area contributed by atoms with E-state index in [-0.39, 0.29) is 30.3 Å². The number of aliphatic hydroxyl groups excluding tert-OH is 1.